The summed E-state index contributed by atoms with van der Waals surface area (Å²) in [7, 11) is 5.64. The molecular weight excluding hydrogens is 192 g/mol. The van der Waals surface area contributed by atoms with Crippen LogP contribution in [0, 0.1) is 0 Å². The maximum atomic E-state index is 11.2. The van der Waals surface area contributed by atoms with Gasteiger partial charge < -0.3 is 21.3 Å². The zero-order valence-electron chi connectivity index (χ0n) is 10.0. The largest absolute Gasteiger partial charge is 0.353 e. The van der Waals surface area contributed by atoms with Crippen molar-refractivity contribution >= 4 is 5.91 Å². The van der Waals surface area contributed by atoms with E-state index in [1.54, 1.807) is 7.05 Å². The molecule has 0 aromatic carbocycles. The Bertz CT molecular complexity index is 164. The van der Waals surface area contributed by atoms with E-state index in [0.717, 1.165) is 19.4 Å². The highest BCUT2D eigenvalue weighted by Gasteiger charge is 2.06. The molecule has 0 rings (SSSR count). The summed E-state index contributed by atoms with van der Waals surface area (Å²) in [5.41, 5.74) is 0. The molecule has 0 aliphatic carbocycles. The quantitative estimate of drug-likeness (QED) is 0.370. The van der Waals surface area contributed by atoms with E-state index in [1.165, 1.54) is 0 Å². The number of rotatable bonds is 9. The summed E-state index contributed by atoms with van der Waals surface area (Å²) in [4.78, 5) is 11.2. The van der Waals surface area contributed by atoms with Gasteiger partial charge in [-0.25, -0.2) is 0 Å². The first kappa shape index (κ1) is 14.3. The van der Waals surface area contributed by atoms with E-state index in [4.69, 9.17) is 0 Å². The van der Waals surface area contributed by atoms with E-state index in [2.05, 4.69) is 21.3 Å². The first-order valence-corrected chi connectivity index (χ1v) is 5.47. The third kappa shape index (κ3) is 8.35. The zero-order chi connectivity index (χ0) is 11.5. The van der Waals surface area contributed by atoms with Gasteiger partial charge in [0, 0.05) is 12.6 Å². The lowest BCUT2D eigenvalue weighted by atomic mass is 10.1. The molecule has 4 N–H and O–H groups in total. The van der Waals surface area contributed by atoms with Crippen LogP contribution in [0.15, 0.2) is 0 Å². The minimum Gasteiger partial charge on any atom is -0.353 e. The summed E-state index contributed by atoms with van der Waals surface area (Å²) in [5.74, 6) is 0.0476. The molecule has 5 nitrogen and oxygen atoms in total. The Morgan fingerprint density at radius 2 is 1.93 bits per heavy atom. The first-order valence-electron chi connectivity index (χ1n) is 5.47. The van der Waals surface area contributed by atoms with Gasteiger partial charge in [0.05, 0.1) is 6.54 Å². The van der Waals surface area contributed by atoms with Gasteiger partial charge in [0.2, 0.25) is 5.91 Å². The van der Waals surface area contributed by atoms with Gasteiger partial charge in [-0.3, -0.25) is 4.79 Å². The molecule has 1 amide bonds. The lowest BCUT2D eigenvalue weighted by molar-refractivity contribution is -0.120. The van der Waals surface area contributed by atoms with Crippen LogP contribution in [0.4, 0.5) is 0 Å². The van der Waals surface area contributed by atoms with Crippen LogP contribution in [0.5, 0.6) is 0 Å². The highest BCUT2D eigenvalue weighted by Crippen LogP contribution is 1.94. The van der Waals surface area contributed by atoms with Crippen LogP contribution < -0.4 is 21.3 Å². The molecule has 0 unspecified atom stereocenters. The Morgan fingerprint density at radius 3 is 2.47 bits per heavy atom. The van der Waals surface area contributed by atoms with Gasteiger partial charge in [-0.1, -0.05) is 0 Å². The third-order valence-corrected chi connectivity index (χ3v) is 2.27. The fourth-order valence-corrected chi connectivity index (χ4v) is 1.33. The highest BCUT2D eigenvalue weighted by molar-refractivity contribution is 5.77. The molecule has 0 radical (unpaired) electrons. The summed E-state index contributed by atoms with van der Waals surface area (Å²) in [6, 6.07) is 0.360. The van der Waals surface area contributed by atoms with Crippen LogP contribution in [0.1, 0.15) is 12.8 Å². The van der Waals surface area contributed by atoms with Crippen molar-refractivity contribution in [2.24, 2.45) is 0 Å². The number of carbonyl (C=O) groups excluding carboxylic acids is 1. The molecule has 1 atom stereocenters. The molecule has 0 saturated heterocycles. The molecule has 90 valence electrons. The van der Waals surface area contributed by atoms with Gasteiger partial charge >= 0.3 is 0 Å². The smallest absolute Gasteiger partial charge is 0.234 e. The minimum atomic E-state index is 0.0476. The van der Waals surface area contributed by atoms with Crippen molar-refractivity contribution in [3.63, 3.8) is 0 Å². The van der Waals surface area contributed by atoms with E-state index in [-0.39, 0.29) is 5.91 Å². The van der Waals surface area contributed by atoms with Crippen molar-refractivity contribution in [3.8, 4) is 0 Å². The second kappa shape index (κ2) is 9.89. The van der Waals surface area contributed by atoms with E-state index >= 15 is 0 Å². The van der Waals surface area contributed by atoms with Crippen molar-refractivity contribution in [2.45, 2.75) is 18.9 Å². The van der Waals surface area contributed by atoms with Gasteiger partial charge in [-0.2, -0.15) is 0 Å². The van der Waals surface area contributed by atoms with E-state index < -0.39 is 0 Å². The van der Waals surface area contributed by atoms with Crippen LogP contribution in [0.25, 0.3) is 0 Å². The molecule has 0 heterocycles. The zero-order valence-corrected chi connectivity index (χ0v) is 10.0. The van der Waals surface area contributed by atoms with E-state index in [0.29, 0.717) is 19.1 Å². The Hall–Kier alpha value is -0.650. The lowest BCUT2D eigenvalue weighted by Gasteiger charge is -2.16. The average molecular weight is 216 g/mol. The number of hydrogen-bond donors (Lipinski definition) is 4. The number of nitrogens with one attached hydrogen (secondary N) is 4. The van der Waals surface area contributed by atoms with Crippen molar-refractivity contribution in [1.82, 2.24) is 21.3 Å². The number of carbonyl (C=O) groups is 1. The Labute approximate surface area is 92.4 Å². The van der Waals surface area contributed by atoms with E-state index in [9.17, 15) is 4.79 Å². The molecule has 0 spiro atoms. The van der Waals surface area contributed by atoms with Gasteiger partial charge in [0.1, 0.15) is 0 Å². The van der Waals surface area contributed by atoms with Crippen LogP contribution in [0.3, 0.4) is 0 Å². The Morgan fingerprint density at radius 1 is 1.20 bits per heavy atom. The van der Waals surface area contributed by atoms with Gasteiger partial charge in [0.15, 0.2) is 0 Å². The second-order valence-electron chi connectivity index (χ2n) is 3.57. The van der Waals surface area contributed by atoms with Crippen LogP contribution in [-0.2, 0) is 4.79 Å². The highest BCUT2D eigenvalue weighted by atomic mass is 16.1. The lowest BCUT2D eigenvalue weighted by Crippen LogP contribution is -2.42. The van der Waals surface area contributed by atoms with Crippen LogP contribution >= 0.6 is 0 Å². The molecule has 0 aliphatic heterocycles. The number of hydrogen-bond acceptors (Lipinski definition) is 4. The van der Waals surface area contributed by atoms with Crippen LogP contribution in [0.2, 0.25) is 0 Å². The predicted octanol–water partition coefficient (Wildman–Crippen LogP) is -1.09. The molecule has 5 heteroatoms. The predicted molar refractivity (Wildman–Crippen MR) is 62.9 cm³/mol. The fraction of sp³-hybridized carbons (Fsp3) is 0.900. The van der Waals surface area contributed by atoms with Gasteiger partial charge in [-0.15, -0.1) is 0 Å². The third-order valence-electron chi connectivity index (χ3n) is 2.27. The van der Waals surface area contributed by atoms with Gasteiger partial charge in [-0.05, 0) is 40.5 Å². The van der Waals surface area contributed by atoms with Crippen molar-refractivity contribution in [1.29, 1.82) is 0 Å². The molecule has 15 heavy (non-hydrogen) atoms. The molecular formula is C10H24N4O. The Kier molecular flexibility index (Phi) is 9.46. The van der Waals surface area contributed by atoms with Gasteiger partial charge in [0.25, 0.3) is 0 Å². The maximum Gasteiger partial charge on any atom is 0.234 e. The molecule has 0 aromatic heterocycles. The standard InChI is InChI=1S/C10H24N4O/c1-11-6-4-5-9(13-3)7-14-10(15)8-12-2/h9,11-13H,4-8H2,1-3H3,(H,14,15)/t9-/m0/s1. The van der Waals surface area contributed by atoms with Crippen molar-refractivity contribution in [2.75, 3.05) is 40.8 Å². The number of amides is 1. The molecule has 0 fully saturated rings. The van der Waals surface area contributed by atoms with Crippen molar-refractivity contribution in [3.05, 3.63) is 0 Å². The summed E-state index contributed by atoms with van der Waals surface area (Å²) >= 11 is 0. The van der Waals surface area contributed by atoms with E-state index in [1.807, 2.05) is 14.1 Å². The SMILES string of the molecule is CNCCC[C@@H](CNC(=O)CNC)NC. The van der Waals surface area contributed by atoms with Crippen LogP contribution in [-0.4, -0.2) is 52.7 Å². The summed E-state index contributed by atoms with van der Waals surface area (Å²) in [6.45, 7) is 2.09. The molecule has 0 bridgehead atoms. The monoisotopic (exact) mass is 216 g/mol. The number of likely N-dealkylation sites (N-methyl/N-ethyl adjacent to an activating group) is 2. The normalized spacial score (nSPS) is 12.5. The summed E-state index contributed by atoms with van der Waals surface area (Å²) in [5, 5.41) is 12.0. The second-order valence-corrected chi connectivity index (χ2v) is 3.57. The molecule has 0 saturated carbocycles. The van der Waals surface area contributed by atoms with Crippen molar-refractivity contribution < 1.29 is 4.79 Å². The minimum absolute atomic E-state index is 0.0476. The maximum absolute atomic E-state index is 11.2. The molecule has 0 aliphatic rings. The Balaban J connectivity index is 3.55. The summed E-state index contributed by atoms with van der Waals surface area (Å²) in [6.07, 6.45) is 2.18. The fourth-order valence-electron chi connectivity index (χ4n) is 1.33. The first-order chi connectivity index (χ1) is 7.24. The molecule has 0 aromatic rings. The summed E-state index contributed by atoms with van der Waals surface area (Å²) < 4.78 is 0. The topological polar surface area (TPSA) is 65.2 Å². The average Bonchev–Trinajstić information content (AvgIpc) is 2.23.